The first-order chi connectivity index (χ1) is 8.63. The fourth-order valence-electron chi connectivity index (χ4n) is 3.37. The highest BCUT2D eigenvalue weighted by atomic mass is 32.2. The van der Waals surface area contributed by atoms with E-state index in [1.807, 2.05) is 11.8 Å². The van der Waals surface area contributed by atoms with Crippen molar-refractivity contribution in [2.45, 2.75) is 43.4 Å². The number of rotatable bonds is 2. The van der Waals surface area contributed by atoms with E-state index in [9.17, 15) is 0 Å². The van der Waals surface area contributed by atoms with Gasteiger partial charge in [0.05, 0.1) is 0 Å². The molecule has 2 atom stereocenters. The second-order valence-electron chi connectivity index (χ2n) is 6.13. The zero-order valence-electron chi connectivity index (χ0n) is 11.6. The van der Waals surface area contributed by atoms with E-state index >= 15 is 0 Å². The van der Waals surface area contributed by atoms with Crippen LogP contribution in [0.2, 0.25) is 0 Å². The van der Waals surface area contributed by atoms with Crippen molar-refractivity contribution in [2.75, 3.05) is 20.1 Å². The Hall–Kier alpha value is -0.480. The molecule has 1 saturated heterocycles. The summed E-state index contributed by atoms with van der Waals surface area (Å²) in [5.74, 6) is 1.73. The van der Waals surface area contributed by atoms with Gasteiger partial charge < -0.3 is 4.90 Å². The number of H-pyrrole nitrogens is 1. The lowest BCUT2D eigenvalue weighted by Gasteiger charge is -2.39. The molecular weight excluding hydrogens is 242 g/mol. The Labute approximate surface area is 114 Å². The van der Waals surface area contributed by atoms with Crippen LogP contribution < -0.4 is 0 Å². The number of aromatic amines is 1. The lowest BCUT2D eigenvalue weighted by atomic mass is 9.74. The molecular formula is C14H23N3S. The molecule has 1 N–H and O–H groups in total. The maximum absolute atomic E-state index is 4.54. The predicted molar refractivity (Wildman–Crippen MR) is 76.1 cm³/mol. The van der Waals surface area contributed by atoms with E-state index in [1.54, 1.807) is 0 Å². The smallest absolute Gasteiger partial charge is 0.122 e. The lowest BCUT2D eigenvalue weighted by Crippen LogP contribution is -2.41. The summed E-state index contributed by atoms with van der Waals surface area (Å²) in [6.45, 7) is 7.01. The Kier molecular flexibility index (Phi) is 3.41. The lowest BCUT2D eigenvalue weighted by molar-refractivity contribution is 0.133. The van der Waals surface area contributed by atoms with Crippen LogP contribution in [-0.2, 0) is 12.8 Å². The Bertz CT molecular complexity index is 427. The molecule has 0 unspecified atom stereocenters. The zero-order valence-corrected chi connectivity index (χ0v) is 12.4. The van der Waals surface area contributed by atoms with Crippen molar-refractivity contribution in [1.29, 1.82) is 0 Å². The highest BCUT2D eigenvalue weighted by Gasteiger charge is 2.34. The predicted octanol–water partition coefficient (Wildman–Crippen LogP) is 2.58. The maximum Gasteiger partial charge on any atom is 0.122 e. The molecule has 0 saturated carbocycles. The van der Waals surface area contributed by atoms with Gasteiger partial charge in [-0.25, -0.2) is 0 Å². The molecule has 3 rings (SSSR count). The molecule has 0 bridgehead atoms. The Morgan fingerprint density at radius 1 is 1.33 bits per heavy atom. The third kappa shape index (κ3) is 2.32. The van der Waals surface area contributed by atoms with Crippen LogP contribution in [0.4, 0.5) is 0 Å². The number of likely N-dealkylation sites (tertiary alicyclic amines) is 1. The van der Waals surface area contributed by atoms with E-state index in [1.165, 1.54) is 48.6 Å². The van der Waals surface area contributed by atoms with E-state index in [4.69, 9.17) is 0 Å². The Morgan fingerprint density at radius 2 is 2.17 bits per heavy atom. The number of nitrogens with zero attached hydrogens (tertiary/aromatic N) is 2. The minimum Gasteiger partial charge on any atom is -0.306 e. The molecule has 1 fully saturated rings. The number of thioether (sulfide) groups is 1. The molecule has 2 aliphatic rings. The topological polar surface area (TPSA) is 31.9 Å². The van der Waals surface area contributed by atoms with Crippen molar-refractivity contribution >= 4 is 11.8 Å². The summed E-state index contributed by atoms with van der Waals surface area (Å²) in [6.07, 6.45) is 3.81. The number of aromatic nitrogens is 2. The van der Waals surface area contributed by atoms with Gasteiger partial charge in [0.2, 0.25) is 0 Å². The van der Waals surface area contributed by atoms with Crippen molar-refractivity contribution in [3.63, 3.8) is 0 Å². The zero-order chi connectivity index (χ0) is 12.7. The number of hydrogen-bond acceptors (Lipinski definition) is 3. The van der Waals surface area contributed by atoms with Crippen molar-refractivity contribution in [3.8, 4) is 0 Å². The summed E-state index contributed by atoms with van der Waals surface area (Å²) >= 11 is 1.90. The van der Waals surface area contributed by atoms with Crippen LogP contribution in [-0.4, -0.2) is 40.5 Å². The van der Waals surface area contributed by atoms with E-state index in [0.29, 0.717) is 5.25 Å². The molecule has 1 aliphatic carbocycles. The fourth-order valence-corrected chi connectivity index (χ4v) is 4.26. The minimum atomic E-state index is 0.615. The summed E-state index contributed by atoms with van der Waals surface area (Å²) in [7, 11) is 2.25. The van der Waals surface area contributed by atoms with E-state index < -0.39 is 0 Å². The molecule has 0 spiro atoms. The first-order valence-electron chi connectivity index (χ1n) is 7.04. The van der Waals surface area contributed by atoms with Gasteiger partial charge in [-0.15, -0.1) is 11.8 Å². The SMILES string of the molecule is CC(C)Sc1n[nH]c2c1C[C@@H]1CN(C)CC[C@H]1C2. The summed E-state index contributed by atoms with van der Waals surface area (Å²) in [5.41, 5.74) is 2.94. The average molecular weight is 265 g/mol. The van der Waals surface area contributed by atoms with Crippen LogP contribution in [0.15, 0.2) is 5.03 Å². The number of hydrogen-bond donors (Lipinski definition) is 1. The second kappa shape index (κ2) is 4.89. The molecule has 100 valence electrons. The molecule has 18 heavy (non-hydrogen) atoms. The van der Waals surface area contributed by atoms with E-state index in [0.717, 1.165) is 11.8 Å². The highest BCUT2D eigenvalue weighted by molar-refractivity contribution is 7.99. The maximum atomic E-state index is 4.54. The van der Waals surface area contributed by atoms with Crippen LogP contribution in [0.1, 0.15) is 31.5 Å². The van der Waals surface area contributed by atoms with Crippen molar-refractivity contribution < 1.29 is 0 Å². The average Bonchev–Trinajstić information content (AvgIpc) is 2.68. The van der Waals surface area contributed by atoms with Crippen molar-refractivity contribution in [1.82, 2.24) is 15.1 Å². The van der Waals surface area contributed by atoms with Gasteiger partial charge in [0.25, 0.3) is 0 Å². The Morgan fingerprint density at radius 3 is 2.94 bits per heavy atom. The summed E-state index contributed by atoms with van der Waals surface area (Å²) < 4.78 is 0. The molecule has 1 aromatic heterocycles. The molecule has 0 amide bonds. The van der Waals surface area contributed by atoms with Crippen LogP contribution in [0.5, 0.6) is 0 Å². The molecule has 0 aromatic carbocycles. The van der Waals surface area contributed by atoms with Gasteiger partial charge in [-0.05, 0) is 44.7 Å². The molecule has 1 aromatic rings. The monoisotopic (exact) mass is 265 g/mol. The quantitative estimate of drug-likeness (QED) is 0.834. The normalized spacial score (nSPS) is 28.2. The molecule has 2 heterocycles. The van der Waals surface area contributed by atoms with Crippen LogP contribution >= 0.6 is 11.8 Å². The number of piperidine rings is 1. The highest BCUT2D eigenvalue weighted by Crippen LogP contribution is 2.38. The first kappa shape index (κ1) is 12.5. The van der Waals surface area contributed by atoms with Crippen LogP contribution in [0.25, 0.3) is 0 Å². The van der Waals surface area contributed by atoms with Crippen LogP contribution in [0, 0.1) is 11.8 Å². The van der Waals surface area contributed by atoms with Gasteiger partial charge in [-0.1, -0.05) is 13.8 Å². The fraction of sp³-hybridized carbons (Fsp3) is 0.786. The Balaban J connectivity index is 1.82. The standard InChI is InChI=1S/C14H23N3S/c1-9(2)18-14-12-6-11-8-17(3)5-4-10(11)7-13(12)15-16-14/h9-11H,4-8H2,1-3H3,(H,15,16)/t10-,11+/m0/s1. The largest absolute Gasteiger partial charge is 0.306 e. The molecule has 3 nitrogen and oxygen atoms in total. The van der Waals surface area contributed by atoms with Gasteiger partial charge in [-0.3, -0.25) is 5.10 Å². The van der Waals surface area contributed by atoms with Crippen molar-refractivity contribution in [3.05, 3.63) is 11.3 Å². The second-order valence-corrected chi connectivity index (χ2v) is 7.70. The van der Waals surface area contributed by atoms with Crippen LogP contribution in [0.3, 0.4) is 0 Å². The minimum absolute atomic E-state index is 0.615. The summed E-state index contributed by atoms with van der Waals surface area (Å²) in [5, 5.41) is 9.70. The van der Waals surface area contributed by atoms with E-state index in [2.05, 4.69) is 36.0 Å². The van der Waals surface area contributed by atoms with Crippen molar-refractivity contribution in [2.24, 2.45) is 11.8 Å². The number of nitrogens with one attached hydrogen (secondary N) is 1. The van der Waals surface area contributed by atoms with Gasteiger partial charge in [0.15, 0.2) is 0 Å². The third-order valence-electron chi connectivity index (χ3n) is 4.29. The molecule has 1 aliphatic heterocycles. The third-order valence-corrected chi connectivity index (χ3v) is 5.32. The van der Waals surface area contributed by atoms with Gasteiger partial charge in [0, 0.05) is 23.1 Å². The summed E-state index contributed by atoms with van der Waals surface area (Å²) in [6, 6.07) is 0. The number of fused-ring (bicyclic) bond motifs is 2. The molecule has 0 radical (unpaired) electrons. The van der Waals surface area contributed by atoms with E-state index in [-0.39, 0.29) is 0 Å². The van der Waals surface area contributed by atoms with Gasteiger partial charge in [-0.2, -0.15) is 5.10 Å². The summed E-state index contributed by atoms with van der Waals surface area (Å²) in [4.78, 5) is 2.49. The first-order valence-corrected chi connectivity index (χ1v) is 7.92. The van der Waals surface area contributed by atoms with Gasteiger partial charge >= 0.3 is 0 Å². The van der Waals surface area contributed by atoms with Gasteiger partial charge in [0.1, 0.15) is 5.03 Å². The molecule has 4 heteroatoms.